The largest absolute Gasteiger partial charge is 0.455 e. The van der Waals surface area contributed by atoms with E-state index in [4.69, 9.17) is 9.15 Å². The summed E-state index contributed by atoms with van der Waals surface area (Å²) >= 11 is 0. The van der Waals surface area contributed by atoms with Crippen molar-refractivity contribution in [1.29, 1.82) is 0 Å². The van der Waals surface area contributed by atoms with Gasteiger partial charge in [0.2, 0.25) is 0 Å². The molecule has 8 nitrogen and oxygen atoms in total. The van der Waals surface area contributed by atoms with Gasteiger partial charge in [0.15, 0.2) is 15.6 Å². The first-order valence-corrected chi connectivity index (χ1v) is 11.1. The Kier molecular flexibility index (Phi) is 6.76. The molecule has 1 N–H and O–H groups in total. The zero-order chi connectivity index (χ0) is 22.4. The standard InChI is InChI=1S/C22H22N2O6S/c1-3-29-22(26)24(2)17-11-9-16(10-12-17)23-21(25)20-14-13-18(30-20)15-31(27,28)19-7-5-4-6-8-19/h4-14H,3,15H2,1-2H3,(H,23,25). The monoisotopic (exact) mass is 442 g/mol. The van der Waals surface area contributed by atoms with Gasteiger partial charge in [0.25, 0.3) is 5.91 Å². The molecule has 3 rings (SSSR count). The number of furan rings is 1. The van der Waals surface area contributed by atoms with Gasteiger partial charge in [-0.05, 0) is 55.5 Å². The summed E-state index contributed by atoms with van der Waals surface area (Å²) in [5.74, 6) is -0.708. The lowest BCUT2D eigenvalue weighted by atomic mass is 10.2. The van der Waals surface area contributed by atoms with E-state index in [1.807, 2.05) is 0 Å². The normalized spacial score (nSPS) is 11.0. The summed E-state index contributed by atoms with van der Waals surface area (Å²) < 4.78 is 35.3. The number of hydrogen-bond acceptors (Lipinski definition) is 6. The molecule has 0 saturated heterocycles. The van der Waals surface area contributed by atoms with Gasteiger partial charge in [-0.2, -0.15) is 0 Å². The summed E-state index contributed by atoms with van der Waals surface area (Å²) in [6, 6.07) is 17.5. The molecule has 1 heterocycles. The van der Waals surface area contributed by atoms with Crippen LogP contribution in [-0.4, -0.2) is 34.1 Å². The number of anilines is 2. The lowest BCUT2D eigenvalue weighted by Crippen LogP contribution is -2.26. The average Bonchev–Trinajstić information content (AvgIpc) is 3.22. The highest BCUT2D eigenvalue weighted by Gasteiger charge is 2.19. The summed E-state index contributed by atoms with van der Waals surface area (Å²) in [5.41, 5.74) is 1.09. The van der Waals surface area contributed by atoms with E-state index >= 15 is 0 Å². The fourth-order valence-corrected chi connectivity index (χ4v) is 4.03. The van der Waals surface area contributed by atoms with E-state index in [1.54, 1.807) is 56.4 Å². The van der Waals surface area contributed by atoms with Crippen LogP contribution in [0.15, 0.2) is 76.0 Å². The maximum absolute atomic E-state index is 12.5. The fourth-order valence-electron chi connectivity index (χ4n) is 2.76. The van der Waals surface area contributed by atoms with Gasteiger partial charge in [-0.1, -0.05) is 18.2 Å². The molecule has 0 aliphatic rings. The molecule has 0 aliphatic heterocycles. The first-order chi connectivity index (χ1) is 14.8. The molecule has 2 amide bonds. The first-order valence-electron chi connectivity index (χ1n) is 9.48. The molecule has 0 aliphatic carbocycles. The second kappa shape index (κ2) is 9.48. The highest BCUT2D eigenvalue weighted by atomic mass is 32.2. The van der Waals surface area contributed by atoms with Crippen molar-refractivity contribution >= 4 is 33.2 Å². The third-order valence-corrected chi connectivity index (χ3v) is 6.03. The Morgan fingerprint density at radius 3 is 2.32 bits per heavy atom. The van der Waals surface area contributed by atoms with Gasteiger partial charge in [0.05, 0.1) is 11.5 Å². The third kappa shape index (κ3) is 5.52. The Bertz CT molecular complexity index is 1150. The first kappa shape index (κ1) is 22.1. The molecule has 0 radical (unpaired) electrons. The number of carbonyl (C=O) groups excluding carboxylic acids is 2. The SMILES string of the molecule is CCOC(=O)N(C)c1ccc(NC(=O)c2ccc(CS(=O)(=O)c3ccccc3)o2)cc1. The highest BCUT2D eigenvalue weighted by Crippen LogP contribution is 2.21. The number of ether oxygens (including phenoxy) is 1. The number of rotatable bonds is 7. The maximum atomic E-state index is 12.5. The van der Waals surface area contributed by atoms with Crippen molar-refractivity contribution < 1.29 is 27.2 Å². The quantitative estimate of drug-likeness (QED) is 0.591. The number of hydrogen-bond donors (Lipinski definition) is 1. The number of nitrogens with zero attached hydrogens (tertiary/aromatic N) is 1. The second-order valence-electron chi connectivity index (χ2n) is 6.60. The van der Waals surface area contributed by atoms with Crippen LogP contribution in [0, 0.1) is 0 Å². The Morgan fingerprint density at radius 1 is 1.00 bits per heavy atom. The van der Waals surface area contributed by atoms with E-state index in [9.17, 15) is 18.0 Å². The molecule has 31 heavy (non-hydrogen) atoms. The Labute approximate surface area is 180 Å². The van der Waals surface area contributed by atoms with E-state index in [-0.39, 0.29) is 28.8 Å². The number of nitrogens with one attached hydrogen (secondary N) is 1. The molecule has 0 unspecified atom stereocenters. The number of carbonyl (C=O) groups is 2. The molecular weight excluding hydrogens is 420 g/mol. The van der Waals surface area contributed by atoms with Crippen LogP contribution >= 0.6 is 0 Å². The molecule has 0 saturated carbocycles. The summed E-state index contributed by atoms with van der Waals surface area (Å²) in [5, 5.41) is 2.67. The van der Waals surface area contributed by atoms with Gasteiger partial charge in [-0.25, -0.2) is 13.2 Å². The molecule has 162 valence electrons. The van der Waals surface area contributed by atoms with Crippen LogP contribution in [0.4, 0.5) is 16.2 Å². The number of benzene rings is 2. The molecule has 9 heteroatoms. The molecular formula is C22H22N2O6S. The molecule has 0 bridgehead atoms. The van der Waals surface area contributed by atoms with Crippen molar-refractivity contribution in [2.24, 2.45) is 0 Å². The minimum atomic E-state index is -3.58. The minimum absolute atomic E-state index is 0.00835. The van der Waals surface area contributed by atoms with Crippen LogP contribution in [0.2, 0.25) is 0 Å². The van der Waals surface area contributed by atoms with Gasteiger partial charge in [-0.3, -0.25) is 9.69 Å². The highest BCUT2D eigenvalue weighted by molar-refractivity contribution is 7.90. The maximum Gasteiger partial charge on any atom is 0.413 e. The van der Waals surface area contributed by atoms with Crippen molar-refractivity contribution in [3.8, 4) is 0 Å². The van der Waals surface area contributed by atoms with E-state index in [0.717, 1.165) is 0 Å². The van der Waals surface area contributed by atoms with Gasteiger partial charge in [-0.15, -0.1) is 0 Å². The summed E-state index contributed by atoms with van der Waals surface area (Å²) in [4.78, 5) is 25.7. The molecule has 0 atom stereocenters. The van der Waals surface area contributed by atoms with E-state index in [0.29, 0.717) is 11.4 Å². The smallest absolute Gasteiger partial charge is 0.413 e. The van der Waals surface area contributed by atoms with Crippen LogP contribution in [-0.2, 0) is 20.3 Å². The van der Waals surface area contributed by atoms with Gasteiger partial charge in [0, 0.05) is 18.4 Å². The lowest BCUT2D eigenvalue weighted by Gasteiger charge is -2.16. The fraction of sp³-hybridized carbons (Fsp3) is 0.182. The summed E-state index contributed by atoms with van der Waals surface area (Å²) in [6.45, 7) is 2.00. The molecule has 1 aromatic heterocycles. The van der Waals surface area contributed by atoms with Gasteiger partial charge >= 0.3 is 6.09 Å². The summed E-state index contributed by atoms with van der Waals surface area (Å²) in [6.07, 6.45) is -0.479. The van der Waals surface area contributed by atoms with Crippen LogP contribution in [0.5, 0.6) is 0 Å². The zero-order valence-electron chi connectivity index (χ0n) is 17.1. The van der Waals surface area contributed by atoms with E-state index in [2.05, 4.69) is 5.32 Å². The second-order valence-corrected chi connectivity index (χ2v) is 8.59. The van der Waals surface area contributed by atoms with Crippen LogP contribution in [0.3, 0.4) is 0 Å². The molecule has 3 aromatic rings. The van der Waals surface area contributed by atoms with E-state index < -0.39 is 21.8 Å². The molecule has 0 spiro atoms. The van der Waals surface area contributed by atoms with Crippen molar-refractivity contribution in [2.45, 2.75) is 17.6 Å². The lowest BCUT2D eigenvalue weighted by molar-refractivity contribution is 0.0995. The predicted octanol–water partition coefficient (Wildman–Crippen LogP) is 4.10. The van der Waals surface area contributed by atoms with Gasteiger partial charge in [0.1, 0.15) is 11.5 Å². The molecule has 2 aromatic carbocycles. The van der Waals surface area contributed by atoms with Crippen molar-refractivity contribution in [3.05, 3.63) is 78.3 Å². The van der Waals surface area contributed by atoms with Gasteiger partial charge < -0.3 is 14.5 Å². The Hall–Kier alpha value is -3.59. The van der Waals surface area contributed by atoms with Crippen molar-refractivity contribution in [1.82, 2.24) is 0 Å². The predicted molar refractivity (Wildman–Crippen MR) is 116 cm³/mol. The van der Waals surface area contributed by atoms with Crippen molar-refractivity contribution in [3.63, 3.8) is 0 Å². The van der Waals surface area contributed by atoms with Crippen LogP contribution in [0.25, 0.3) is 0 Å². The minimum Gasteiger partial charge on any atom is -0.455 e. The zero-order valence-corrected chi connectivity index (χ0v) is 17.9. The van der Waals surface area contributed by atoms with Crippen LogP contribution in [0.1, 0.15) is 23.2 Å². The van der Waals surface area contributed by atoms with Crippen molar-refractivity contribution in [2.75, 3.05) is 23.9 Å². The van der Waals surface area contributed by atoms with Crippen LogP contribution < -0.4 is 10.2 Å². The number of sulfone groups is 1. The molecule has 0 fully saturated rings. The topological polar surface area (TPSA) is 106 Å². The summed E-state index contributed by atoms with van der Waals surface area (Å²) in [7, 11) is -1.99. The van der Waals surface area contributed by atoms with E-state index in [1.165, 1.54) is 29.2 Å². The Morgan fingerprint density at radius 2 is 1.68 bits per heavy atom. The number of amides is 2. The third-order valence-electron chi connectivity index (χ3n) is 4.37. The average molecular weight is 442 g/mol. The Balaban J connectivity index is 1.64.